The molecule has 0 saturated carbocycles. The number of thiophene rings is 1. The van der Waals surface area contributed by atoms with Crippen LogP contribution in [0.1, 0.15) is 54.6 Å². The maximum Gasteiger partial charge on any atom is 0.382 e. The highest BCUT2D eigenvalue weighted by molar-refractivity contribution is 9.10. The molecule has 0 atom stereocenters. The molecule has 6 rings (SSSR count). The minimum Gasteiger partial charge on any atom is -0.457 e. The molecule has 1 aliphatic rings. The zero-order valence-electron chi connectivity index (χ0n) is 27.1. The first-order valence-corrected chi connectivity index (χ1v) is 19.1. The van der Waals surface area contributed by atoms with Gasteiger partial charge in [0, 0.05) is 30.1 Å². The number of carbonyl (C=O) groups excluding carboxylic acids is 3. The first-order chi connectivity index (χ1) is 24.1. The highest BCUT2D eigenvalue weighted by Gasteiger charge is 2.31. The second-order valence-corrected chi connectivity index (χ2v) is 15.5. The summed E-state index contributed by atoms with van der Waals surface area (Å²) in [5, 5.41) is 5.00. The summed E-state index contributed by atoms with van der Waals surface area (Å²) in [5.41, 5.74) is 2.61. The Morgan fingerprint density at radius 3 is 2.40 bits per heavy atom. The first-order valence-electron chi connectivity index (χ1n) is 16.0. The average molecular weight is 777 g/mol. The number of halogens is 1. The number of hydrogen-bond donors (Lipinski definition) is 1. The van der Waals surface area contributed by atoms with Gasteiger partial charge in [-0.2, -0.15) is 0 Å². The van der Waals surface area contributed by atoms with E-state index >= 15 is 0 Å². The van der Waals surface area contributed by atoms with Crippen molar-refractivity contribution in [2.75, 3.05) is 28.8 Å². The van der Waals surface area contributed by atoms with Gasteiger partial charge in [0.25, 0.3) is 15.9 Å². The highest BCUT2D eigenvalue weighted by atomic mass is 79.9. The summed E-state index contributed by atoms with van der Waals surface area (Å²) >= 11 is 4.81. The van der Waals surface area contributed by atoms with Gasteiger partial charge in [0.1, 0.15) is 4.88 Å². The number of para-hydroxylation sites is 2. The van der Waals surface area contributed by atoms with Crippen LogP contribution < -0.4 is 14.5 Å². The van der Waals surface area contributed by atoms with Crippen molar-refractivity contribution in [3.63, 3.8) is 0 Å². The molecule has 2 aromatic heterocycles. The van der Waals surface area contributed by atoms with Crippen LogP contribution in [0.25, 0.3) is 0 Å². The lowest BCUT2D eigenvalue weighted by molar-refractivity contribution is 0.0375. The molecule has 1 N–H and O–H groups in total. The van der Waals surface area contributed by atoms with E-state index in [0.717, 1.165) is 15.7 Å². The van der Waals surface area contributed by atoms with Crippen LogP contribution in [0.3, 0.4) is 0 Å². The standard InChI is InChI=1S/C37H34BrN3O7S2/c1-25-22-27(36(43)48-37(44)33-12-7-20-47-33)24-29(23-25)50(45,46)41(19-13-26-8-3-2-4-9-26)32-11-6-5-10-31(32)40-17-14-28(15-18-40)39-35(42)34-30(38)16-21-49-34/h2-12,16,20-24,28H,13-15,17-19H2,1H3,(H,39,42). The number of benzene rings is 3. The number of piperidine rings is 1. The third-order valence-corrected chi connectivity index (χ3v) is 12.0. The summed E-state index contributed by atoms with van der Waals surface area (Å²) in [7, 11) is -4.26. The smallest absolute Gasteiger partial charge is 0.382 e. The van der Waals surface area contributed by atoms with E-state index in [9.17, 15) is 22.8 Å². The SMILES string of the molecule is Cc1cc(C(=O)OC(=O)c2ccco2)cc(S(=O)(=O)N(CCc2ccccc2)c2ccccc2N2CCC(NC(=O)c3sccc3Br)CC2)c1. The summed E-state index contributed by atoms with van der Waals surface area (Å²) in [6, 6.07) is 25.9. The molecule has 1 amide bonds. The van der Waals surface area contributed by atoms with Gasteiger partial charge in [-0.25, -0.2) is 18.0 Å². The predicted molar refractivity (Wildman–Crippen MR) is 195 cm³/mol. The van der Waals surface area contributed by atoms with Gasteiger partial charge in [0.15, 0.2) is 0 Å². The number of furan rings is 1. The number of carbonyl (C=O) groups is 3. The lowest BCUT2D eigenvalue weighted by atomic mass is 10.0. The van der Waals surface area contributed by atoms with Crippen LogP contribution in [0.4, 0.5) is 11.4 Å². The molecule has 0 bridgehead atoms. The van der Waals surface area contributed by atoms with Gasteiger partial charge in [0.05, 0.1) is 28.1 Å². The van der Waals surface area contributed by atoms with Gasteiger partial charge in [-0.15, -0.1) is 11.3 Å². The third kappa shape index (κ3) is 8.01. The molecule has 10 nitrogen and oxygen atoms in total. The van der Waals surface area contributed by atoms with Crippen molar-refractivity contribution in [2.24, 2.45) is 0 Å². The van der Waals surface area contributed by atoms with Crippen molar-refractivity contribution >= 4 is 66.5 Å². The van der Waals surface area contributed by atoms with Crippen LogP contribution in [-0.4, -0.2) is 51.9 Å². The third-order valence-electron chi connectivity index (χ3n) is 8.37. The van der Waals surface area contributed by atoms with Crippen molar-refractivity contribution in [2.45, 2.75) is 37.1 Å². The lowest BCUT2D eigenvalue weighted by Crippen LogP contribution is -2.45. The van der Waals surface area contributed by atoms with E-state index in [4.69, 9.17) is 9.15 Å². The Morgan fingerprint density at radius 2 is 1.70 bits per heavy atom. The van der Waals surface area contributed by atoms with Crippen molar-refractivity contribution in [3.05, 3.63) is 134 Å². The molecule has 3 heterocycles. The van der Waals surface area contributed by atoms with Gasteiger partial charge in [-0.1, -0.05) is 42.5 Å². The van der Waals surface area contributed by atoms with E-state index < -0.39 is 22.0 Å². The summed E-state index contributed by atoms with van der Waals surface area (Å²) in [5.74, 6) is -2.24. The largest absolute Gasteiger partial charge is 0.457 e. The summed E-state index contributed by atoms with van der Waals surface area (Å²) in [6.45, 7) is 3.00. The number of hydrogen-bond acceptors (Lipinski definition) is 9. The number of sulfonamides is 1. The zero-order chi connectivity index (χ0) is 35.3. The Balaban J connectivity index is 1.28. The first kappa shape index (κ1) is 35.1. The second kappa shape index (κ2) is 15.4. The maximum atomic E-state index is 14.7. The fourth-order valence-corrected chi connectivity index (χ4v) is 8.95. The zero-order valence-corrected chi connectivity index (χ0v) is 30.3. The number of amides is 1. The minimum atomic E-state index is -4.26. The number of aryl methyl sites for hydroxylation is 1. The van der Waals surface area contributed by atoms with Crippen LogP contribution in [0.5, 0.6) is 0 Å². The molecule has 0 unspecified atom stereocenters. The van der Waals surface area contributed by atoms with Gasteiger partial charge < -0.3 is 19.4 Å². The molecule has 5 aromatic rings. The Morgan fingerprint density at radius 1 is 0.960 bits per heavy atom. The molecule has 1 aliphatic heterocycles. The van der Waals surface area contributed by atoms with Gasteiger partial charge >= 0.3 is 11.9 Å². The van der Waals surface area contributed by atoms with E-state index in [0.29, 0.717) is 48.5 Å². The lowest BCUT2D eigenvalue weighted by Gasteiger charge is -2.37. The molecule has 13 heteroatoms. The molecule has 0 aliphatic carbocycles. The Kier molecular flexibility index (Phi) is 10.8. The Hall–Kier alpha value is -4.72. The van der Waals surface area contributed by atoms with Gasteiger partial charge in [-0.3, -0.25) is 9.10 Å². The molecule has 0 radical (unpaired) electrons. The molecule has 258 valence electrons. The van der Waals surface area contributed by atoms with E-state index in [1.54, 1.807) is 19.1 Å². The monoisotopic (exact) mass is 775 g/mol. The summed E-state index contributed by atoms with van der Waals surface area (Å²) in [4.78, 5) is 41.0. The van der Waals surface area contributed by atoms with Crippen molar-refractivity contribution < 1.29 is 32.0 Å². The molecular formula is C37H34BrN3O7S2. The topological polar surface area (TPSA) is 126 Å². The maximum absolute atomic E-state index is 14.7. The highest BCUT2D eigenvalue weighted by Crippen LogP contribution is 2.36. The predicted octanol–water partition coefficient (Wildman–Crippen LogP) is 7.25. The molecule has 50 heavy (non-hydrogen) atoms. The molecule has 1 saturated heterocycles. The van der Waals surface area contributed by atoms with Gasteiger partial charge in [-0.05, 0) is 107 Å². The van der Waals surface area contributed by atoms with Crippen LogP contribution in [-0.2, 0) is 21.2 Å². The van der Waals surface area contributed by atoms with Gasteiger partial charge in [0.2, 0.25) is 5.76 Å². The van der Waals surface area contributed by atoms with Crippen LogP contribution in [0.2, 0.25) is 0 Å². The van der Waals surface area contributed by atoms with E-state index in [-0.39, 0.29) is 34.7 Å². The Labute approximate surface area is 302 Å². The van der Waals surface area contributed by atoms with Crippen molar-refractivity contribution in [1.82, 2.24) is 5.32 Å². The second-order valence-electron chi connectivity index (χ2n) is 11.8. The minimum absolute atomic E-state index is 0.0250. The quantitative estimate of drug-likeness (QED) is 0.110. The number of ether oxygens (including phenoxy) is 1. The van der Waals surface area contributed by atoms with Crippen molar-refractivity contribution in [3.8, 4) is 0 Å². The Bertz CT molecular complexity index is 2090. The van der Waals surface area contributed by atoms with E-state index in [1.165, 1.54) is 52.2 Å². The van der Waals surface area contributed by atoms with E-state index in [1.807, 2.05) is 53.9 Å². The summed E-state index contributed by atoms with van der Waals surface area (Å²) < 4.78 is 41.5. The van der Waals surface area contributed by atoms with Crippen LogP contribution in [0.15, 0.2) is 116 Å². The normalized spacial score (nSPS) is 13.5. The number of anilines is 2. The number of rotatable bonds is 11. The summed E-state index contributed by atoms with van der Waals surface area (Å²) in [6.07, 6.45) is 3.07. The van der Waals surface area contributed by atoms with Crippen LogP contribution >= 0.6 is 27.3 Å². The number of nitrogens with zero attached hydrogens (tertiary/aromatic N) is 2. The molecular weight excluding hydrogens is 742 g/mol. The molecule has 3 aromatic carbocycles. The number of esters is 2. The fourth-order valence-electron chi connectivity index (χ4n) is 5.89. The number of nitrogens with one attached hydrogen (secondary N) is 1. The average Bonchev–Trinajstić information content (AvgIpc) is 3.82. The van der Waals surface area contributed by atoms with Crippen LogP contribution in [0, 0.1) is 6.92 Å². The molecule has 1 fully saturated rings. The van der Waals surface area contributed by atoms with E-state index in [2.05, 4.69) is 26.1 Å². The fraction of sp³-hybridized carbons (Fsp3) is 0.216. The van der Waals surface area contributed by atoms with Crippen molar-refractivity contribution in [1.29, 1.82) is 0 Å². The molecule has 0 spiro atoms.